The number of benzene rings is 2. The lowest BCUT2D eigenvalue weighted by molar-refractivity contribution is -0.152. The minimum absolute atomic E-state index is 0.309. The Morgan fingerprint density at radius 1 is 1.22 bits per heavy atom. The Kier molecular flexibility index (Phi) is 8.35. The molecule has 1 fully saturated rings. The van der Waals surface area contributed by atoms with Gasteiger partial charge in [-0.2, -0.15) is 0 Å². The van der Waals surface area contributed by atoms with Gasteiger partial charge in [0.05, 0.1) is 29.6 Å². The molecule has 0 spiro atoms. The first-order valence-corrected chi connectivity index (χ1v) is 12.6. The number of methoxy groups -OCH3 is 1. The number of rotatable bonds is 7. The monoisotopic (exact) mass is 528 g/mol. The fourth-order valence-corrected chi connectivity index (χ4v) is 5.24. The Labute approximate surface area is 220 Å². The van der Waals surface area contributed by atoms with E-state index >= 15 is 0 Å². The molecule has 3 aromatic rings. The number of nitrogens with zero attached hydrogens (tertiary/aromatic N) is 2. The quantitative estimate of drug-likeness (QED) is 0.368. The van der Waals surface area contributed by atoms with Crippen LogP contribution in [0.2, 0.25) is 10.0 Å². The van der Waals surface area contributed by atoms with Crippen LogP contribution in [0.1, 0.15) is 36.8 Å². The van der Waals surface area contributed by atoms with Crippen LogP contribution in [0, 0.1) is 23.1 Å². The first-order valence-electron chi connectivity index (χ1n) is 11.8. The summed E-state index contributed by atoms with van der Waals surface area (Å²) in [5.41, 5.74) is 1.55. The Morgan fingerprint density at radius 3 is 2.69 bits per heavy atom. The summed E-state index contributed by atoms with van der Waals surface area (Å²) >= 11 is 12.4. The van der Waals surface area contributed by atoms with Crippen molar-refractivity contribution in [2.24, 2.45) is 5.41 Å². The van der Waals surface area contributed by atoms with E-state index in [2.05, 4.69) is 21.7 Å². The van der Waals surface area contributed by atoms with Gasteiger partial charge in [0, 0.05) is 35.3 Å². The third-order valence-electron chi connectivity index (χ3n) is 6.88. The Balaban J connectivity index is 1.37. The molecule has 0 atom stereocenters. The predicted molar refractivity (Wildman–Crippen MR) is 140 cm³/mol. The standard InChI is InChI=1S/C28H27Cl2FN2O3/c1-36-22-6-7-26-24(17-22)23(25(30)18-32-26)5-2-8-28(27(34)35)9-12-33(13-10-28)11-3-4-19-14-20(29)16-21(31)15-19/h6-7,14-18H,2,5,8-13H2,1H3,(H,34,35). The third kappa shape index (κ3) is 6.10. The van der Waals surface area contributed by atoms with Gasteiger partial charge < -0.3 is 9.84 Å². The summed E-state index contributed by atoms with van der Waals surface area (Å²) in [5, 5.41) is 11.9. The van der Waals surface area contributed by atoms with Gasteiger partial charge in [0.15, 0.2) is 0 Å². The maximum absolute atomic E-state index is 13.5. The zero-order valence-corrected chi connectivity index (χ0v) is 21.5. The molecule has 1 saturated heterocycles. The highest BCUT2D eigenvalue weighted by Gasteiger charge is 2.40. The van der Waals surface area contributed by atoms with Crippen molar-refractivity contribution in [2.75, 3.05) is 26.7 Å². The molecule has 0 saturated carbocycles. The summed E-state index contributed by atoms with van der Waals surface area (Å²) in [4.78, 5) is 18.8. The van der Waals surface area contributed by atoms with Crippen molar-refractivity contribution in [3.05, 3.63) is 69.6 Å². The molecule has 1 N–H and O–H groups in total. The summed E-state index contributed by atoms with van der Waals surface area (Å²) in [6.07, 6.45) is 4.67. The lowest BCUT2D eigenvalue weighted by atomic mass is 9.74. The van der Waals surface area contributed by atoms with Crippen molar-refractivity contribution < 1.29 is 19.0 Å². The van der Waals surface area contributed by atoms with Gasteiger partial charge in [-0.15, -0.1) is 0 Å². The van der Waals surface area contributed by atoms with Gasteiger partial charge in [-0.05, 0) is 74.1 Å². The smallest absolute Gasteiger partial charge is 0.309 e. The molecule has 36 heavy (non-hydrogen) atoms. The van der Waals surface area contributed by atoms with E-state index < -0.39 is 17.2 Å². The number of carbonyl (C=O) groups is 1. The number of aliphatic carboxylic acids is 1. The first kappa shape index (κ1) is 26.2. The zero-order chi connectivity index (χ0) is 25.7. The zero-order valence-electron chi connectivity index (χ0n) is 20.0. The Bertz CT molecular complexity index is 1310. The number of pyridine rings is 1. The molecule has 1 aromatic heterocycles. The van der Waals surface area contributed by atoms with Crippen LogP contribution in [0.3, 0.4) is 0 Å². The predicted octanol–water partition coefficient (Wildman–Crippen LogP) is 6.23. The van der Waals surface area contributed by atoms with Gasteiger partial charge in [-0.25, -0.2) is 4.39 Å². The number of halogens is 3. The number of fused-ring (bicyclic) bond motifs is 1. The highest BCUT2D eigenvalue weighted by atomic mass is 35.5. The fraction of sp³-hybridized carbons (Fsp3) is 0.357. The maximum atomic E-state index is 13.5. The normalized spacial score (nSPS) is 15.3. The van der Waals surface area contributed by atoms with Crippen LogP contribution in [0.15, 0.2) is 42.6 Å². The summed E-state index contributed by atoms with van der Waals surface area (Å²) in [7, 11) is 1.62. The molecule has 8 heteroatoms. The second-order valence-electron chi connectivity index (χ2n) is 9.14. The molecular formula is C28H27Cl2FN2O3. The van der Waals surface area contributed by atoms with Gasteiger partial charge in [0.2, 0.25) is 0 Å². The molecule has 0 unspecified atom stereocenters. The van der Waals surface area contributed by atoms with Crippen molar-refractivity contribution in [1.82, 2.24) is 9.88 Å². The van der Waals surface area contributed by atoms with Gasteiger partial charge in [0.1, 0.15) is 11.6 Å². The minimum atomic E-state index is -0.771. The largest absolute Gasteiger partial charge is 0.497 e. The van der Waals surface area contributed by atoms with Gasteiger partial charge in [-0.3, -0.25) is 14.7 Å². The minimum Gasteiger partial charge on any atom is -0.497 e. The van der Waals surface area contributed by atoms with Crippen LogP contribution in [0.25, 0.3) is 10.9 Å². The second-order valence-corrected chi connectivity index (χ2v) is 9.99. The molecule has 0 aliphatic carbocycles. The lowest BCUT2D eigenvalue weighted by Gasteiger charge is -2.38. The van der Waals surface area contributed by atoms with E-state index in [9.17, 15) is 14.3 Å². The van der Waals surface area contributed by atoms with Crippen LogP contribution >= 0.6 is 23.2 Å². The molecule has 4 rings (SSSR count). The van der Waals surface area contributed by atoms with Crippen LogP contribution in [-0.4, -0.2) is 47.7 Å². The molecule has 0 bridgehead atoms. The average molecular weight is 529 g/mol. The van der Waals surface area contributed by atoms with E-state index in [0.717, 1.165) is 22.2 Å². The molecular weight excluding hydrogens is 502 g/mol. The third-order valence-corrected chi connectivity index (χ3v) is 7.42. The molecule has 2 aromatic carbocycles. The van der Waals surface area contributed by atoms with Crippen LogP contribution in [-0.2, 0) is 11.2 Å². The Hall–Kier alpha value is -2.85. The fourth-order valence-electron chi connectivity index (χ4n) is 4.78. The summed E-state index contributed by atoms with van der Waals surface area (Å²) in [5.74, 6) is 5.54. The van der Waals surface area contributed by atoms with Crippen molar-refractivity contribution in [2.45, 2.75) is 32.1 Å². The summed E-state index contributed by atoms with van der Waals surface area (Å²) in [6.45, 7) is 1.77. The maximum Gasteiger partial charge on any atom is 0.309 e. The van der Waals surface area contributed by atoms with E-state index in [-0.39, 0.29) is 0 Å². The van der Waals surface area contributed by atoms with E-state index in [0.29, 0.717) is 67.3 Å². The number of ether oxygens (including phenoxy) is 1. The molecule has 2 heterocycles. The number of carboxylic acid groups (broad SMARTS) is 1. The van der Waals surface area contributed by atoms with E-state index in [4.69, 9.17) is 27.9 Å². The SMILES string of the molecule is COc1ccc2ncc(Cl)c(CCCC3(C(=O)O)CCN(CC#Cc4cc(F)cc(Cl)c4)CC3)c2c1. The number of carboxylic acids is 1. The number of likely N-dealkylation sites (tertiary alicyclic amines) is 1. The first-order chi connectivity index (χ1) is 17.3. The number of aryl methyl sites for hydroxylation is 1. The van der Waals surface area contributed by atoms with Gasteiger partial charge in [0.25, 0.3) is 0 Å². The van der Waals surface area contributed by atoms with E-state index in [1.165, 1.54) is 12.1 Å². The average Bonchev–Trinajstić information content (AvgIpc) is 2.85. The van der Waals surface area contributed by atoms with Crippen molar-refractivity contribution in [3.63, 3.8) is 0 Å². The highest BCUT2D eigenvalue weighted by molar-refractivity contribution is 6.32. The van der Waals surface area contributed by atoms with Crippen molar-refractivity contribution in [1.29, 1.82) is 0 Å². The van der Waals surface area contributed by atoms with Crippen LogP contribution in [0.5, 0.6) is 5.75 Å². The molecule has 0 amide bonds. The Morgan fingerprint density at radius 2 is 2.00 bits per heavy atom. The summed E-state index contributed by atoms with van der Waals surface area (Å²) in [6, 6.07) is 9.89. The summed E-state index contributed by atoms with van der Waals surface area (Å²) < 4.78 is 18.8. The van der Waals surface area contributed by atoms with Crippen LogP contribution < -0.4 is 4.74 Å². The van der Waals surface area contributed by atoms with Crippen molar-refractivity contribution in [3.8, 4) is 17.6 Å². The lowest BCUT2D eigenvalue weighted by Crippen LogP contribution is -2.44. The molecule has 0 radical (unpaired) electrons. The molecule has 1 aliphatic rings. The number of aromatic nitrogens is 1. The van der Waals surface area contributed by atoms with Crippen molar-refractivity contribution >= 4 is 40.1 Å². The van der Waals surface area contributed by atoms with Gasteiger partial charge >= 0.3 is 5.97 Å². The molecule has 5 nitrogen and oxygen atoms in total. The molecule has 1 aliphatic heterocycles. The van der Waals surface area contributed by atoms with E-state index in [1.807, 2.05) is 18.2 Å². The number of hydrogen-bond acceptors (Lipinski definition) is 4. The highest BCUT2D eigenvalue weighted by Crippen LogP contribution is 2.38. The topological polar surface area (TPSA) is 62.7 Å². The number of hydrogen-bond donors (Lipinski definition) is 1. The van der Waals surface area contributed by atoms with Gasteiger partial charge in [-0.1, -0.05) is 35.0 Å². The van der Waals surface area contributed by atoms with E-state index in [1.54, 1.807) is 19.4 Å². The number of piperidine rings is 1. The van der Waals surface area contributed by atoms with Crippen LogP contribution in [0.4, 0.5) is 4.39 Å². The second kappa shape index (κ2) is 11.5. The molecule has 188 valence electrons.